The molecule has 0 aliphatic carbocycles. The van der Waals surface area contributed by atoms with Crippen LogP contribution in [0, 0.1) is 5.92 Å². The van der Waals surface area contributed by atoms with Gasteiger partial charge in [0.2, 0.25) is 11.8 Å². The highest BCUT2D eigenvalue weighted by Crippen LogP contribution is 2.26. The molecular weight excluding hydrogens is 490 g/mol. The third-order valence-corrected chi connectivity index (χ3v) is 7.34. The minimum Gasteiger partial charge on any atom is -0.507 e. The summed E-state index contributed by atoms with van der Waals surface area (Å²) in [7, 11) is 1.33. The monoisotopic (exact) mass is 523 g/mol. The Bertz CT molecular complexity index is 849. The molecular formula is C24H34BrN3O5. The molecule has 1 aromatic carbocycles. The summed E-state index contributed by atoms with van der Waals surface area (Å²) in [5.41, 5.74) is 1.02. The molecule has 0 unspecified atom stereocenters. The zero-order chi connectivity index (χ0) is 24.0. The van der Waals surface area contributed by atoms with Gasteiger partial charge in [-0.05, 0) is 52.9 Å². The summed E-state index contributed by atoms with van der Waals surface area (Å²) in [6, 6.07) is 5.80. The molecule has 0 spiro atoms. The molecule has 182 valence electrons. The maximum Gasteiger partial charge on any atom is 0.306 e. The fourth-order valence-electron chi connectivity index (χ4n) is 4.69. The van der Waals surface area contributed by atoms with Gasteiger partial charge in [-0.1, -0.05) is 13.0 Å². The van der Waals surface area contributed by atoms with Crippen molar-refractivity contribution in [3.05, 3.63) is 28.2 Å². The lowest BCUT2D eigenvalue weighted by atomic mass is 9.98. The normalized spacial score (nSPS) is 18.8. The molecule has 1 N–H and O–H groups in total. The molecule has 2 saturated heterocycles. The van der Waals surface area contributed by atoms with Gasteiger partial charge in [-0.15, -0.1) is 0 Å². The Hall–Kier alpha value is -2.13. The van der Waals surface area contributed by atoms with Gasteiger partial charge >= 0.3 is 5.97 Å². The predicted molar refractivity (Wildman–Crippen MR) is 128 cm³/mol. The summed E-state index contributed by atoms with van der Waals surface area (Å²) < 4.78 is 5.25. The molecule has 2 fully saturated rings. The first kappa shape index (κ1) is 25.5. The number of halogens is 1. The van der Waals surface area contributed by atoms with E-state index >= 15 is 0 Å². The fourth-order valence-corrected chi connectivity index (χ4v) is 5.11. The van der Waals surface area contributed by atoms with Crippen LogP contribution in [0.4, 0.5) is 0 Å². The number of methoxy groups -OCH3 is 1. The van der Waals surface area contributed by atoms with Crippen molar-refractivity contribution >= 4 is 33.7 Å². The second kappa shape index (κ2) is 11.8. The Morgan fingerprint density at radius 2 is 1.73 bits per heavy atom. The van der Waals surface area contributed by atoms with Crippen LogP contribution in [0.5, 0.6) is 5.75 Å². The Morgan fingerprint density at radius 1 is 1.06 bits per heavy atom. The summed E-state index contributed by atoms with van der Waals surface area (Å²) in [5.74, 6) is -0.0813. The van der Waals surface area contributed by atoms with E-state index in [0.29, 0.717) is 30.0 Å². The quantitative estimate of drug-likeness (QED) is 0.552. The van der Waals surface area contributed by atoms with Crippen molar-refractivity contribution in [2.24, 2.45) is 5.92 Å². The van der Waals surface area contributed by atoms with Crippen LogP contribution in [0.25, 0.3) is 0 Å². The number of carbonyl (C=O) groups is 3. The second-order valence-electron chi connectivity index (χ2n) is 8.94. The number of aromatic hydroxyl groups is 1. The number of carbonyl (C=O) groups excluding carboxylic acids is 3. The number of likely N-dealkylation sites (tertiary alicyclic amines) is 1. The molecule has 8 nitrogen and oxygen atoms in total. The van der Waals surface area contributed by atoms with Crippen molar-refractivity contribution in [1.82, 2.24) is 14.7 Å². The number of hydrogen-bond acceptors (Lipinski definition) is 6. The average Bonchev–Trinajstić information content (AvgIpc) is 2.84. The fraction of sp³-hybridized carbons (Fsp3) is 0.625. The summed E-state index contributed by atoms with van der Waals surface area (Å²) >= 11 is 3.33. The SMILES string of the molecule is COC(=O)CCC(=O)N1CCC(N2CCN(C(=O)[C@H](C)Cc3ccc(O)c(Br)c3)CC2)CC1. The molecule has 1 atom stereocenters. The van der Waals surface area contributed by atoms with Gasteiger partial charge in [0.1, 0.15) is 5.75 Å². The number of rotatable bonds is 7. The first-order valence-corrected chi connectivity index (χ1v) is 12.4. The molecule has 1 aromatic rings. The van der Waals surface area contributed by atoms with Gasteiger partial charge in [-0.2, -0.15) is 0 Å². The van der Waals surface area contributed by atoms with E-state index in [4.69, 9.17) is 0 Å². The molecule has 2 aliphatic rings. The minimum atomic E-state index is -0.351. The predicted octanol–water partition coefficient (Wildman–Crippen LogP) is 2.42. The maximum atomic E-state index is 13.0. The second-order valence-corrected chi connectivity index (χ2v) is 9.79. The van der Waals surface area contributed by atoms with Crippen molar-refractivity contribution in [2.75, 3.05) is 46.4 Å². The molecule has 2 aliphatic heterocycles. The number of phenolic OH excluding ortho intramolecular Hbond substituents is 1. The maximum absolute atomic E-state index is 13.0. The van der Waals surface area contributed by atoms with Gasteiger partial charge in [0.25, 0.3) is 0 Å². The van der Waals surface area contributed by atoms with Crippen LogP contribution in [-0.4, -0.2) is 90.0 Å². The number of piperazine rings is 1. The van der Waals surface area contributed by atoms with E-state index in [-0.39, 0.29) is 42.3 Å². The smallest absolute Gasteiger partial charge is 0.306 e. The zero-order valence-electron chi connectivity index (χ0n) is 19.5. The first-order valence-electron chi connectivity index (χ1n) is 11.6. The van der Waals surface area contributed by atoms with E-state index in [0.717, 1.165) is 44.6 Å². The number of esters is 1. The van der Waals surface area contributed by atoms with Crippen LogP contribution in [0.3, 0.4) is 0 Å². The third-order valence-electron chi connectivity index (χ3n) is 6.71. The summed E-state index contributed by atoms with van der Waals surface area (Å²) in [4.78, 5) is 42.8. The van der Waals surface area contributed by atoms with E-state index in [2.05, 4.69) is 25.6 Å². The third kappa shape index (κ3) is 6.93. The Morgan fingerprint density at radius 3 is 2.33 bits per heavy atom. The number of piperidine rings is 1. The lowest BCUT2D eigenvalue weighted by Crippen LogP contribution is -2.55. The van der Waals surface area contributed by atoms with Crippen LogP contribution in [0.1, 0.15) is 38.2 Å². The molecule has 2 heterocycles. The molecule has 0 aromatic heterocycles. The average molecular weight is 524 g/mol. The van der Waals surface area contributed by atoms with Crippen molar-refractivity contribution in [3.8, 4) is 5.75 Å². The highest BCUT2D eigenvalue weighted by molar-refractivity contribution is 9.10. The van der Waals surface area contributed by atoms with E-state index in [1.807, 2.05) is 28.9 Å². The number of benzene rings is 1. The van der Waals surface area contributed by atoms with Crippen LogP contribution >= 0.6 is 15.9 Å². The highest BCUT2D eigenvalue weighted by Gasteiger charge is 2.31. The largest absolute Gasteiger partial charge is 0.507 e. The van der Waals surface area contributed by atoms with Crippen LogP contribution in [-0.2, 0) is 25.5 Å². The van der Waals surface area contributed by atoms with Gasteiger partial charge in [0, 0.05) is 57.6 Å². The number of hydrogen-bond donors (Lipinski definition) is 1. The molecule has 0 radical (unpaired) electrons. The number of ether oxygens (including phenoxy) is 1. The molecule has 33 heavy (non-hydrogen) atoms. The van der Waals surface area contributed by atoms with Gasteiger partial charge in [-0.25, -0.2) is 0 Å². The molecule has 0 bridgehead atoms. The topological polar surface area (TPSA) is 90.4 Å². The van der Waals surface area contributed by atoms with Crippen LogP contribution in [0.15, 0.2) is 22.7 Å². The minimum absolute atomic E-state index is 0.0175. The van der Waals surface area contributed by atoms with Crippen molar-refractivity contribution in [1.29, 1.82) is 0 Å². The Labute approximate surface area is 204 Å². The van der Waals surface area contributed by atoms with Crippen LogP contribution in [0.2, 0.25) is 0 Å². The van der Waals surface area contributed by atoms with Gasteiger partial charge in [0.05, 0.1) is 18.0 Å². The van der Waals surface area contributed by atoms with E-state index < -0.39 is 0 Å². The van der Waals surface area contributed by atoms with Gasteiger partial charge in [0.15, 0.2) is 0 Å². The van der Waals surface area contributed by atoms with Crippen LogP contribution < -0.4 is 0 Å². The standard InChI is InChI=1S/C24H34BrN3O5/c1-17(15-18-3-4-21(29)20(25)16-18)24(32)28-13-11-26(12-14-28)19-7-9-27(10-8-19)22(30)5-6-23(31)33-2/h3-4,16-17,19,29H,5-15H2,1-2H3/t17-/m1/s1. The zero-order valence-corrected chi connectivity index (χ0v) is 21.1. The molecule has 3 rings (SSSR count). The molecule has 0 saturated carbocycles. The number of phenols is 1. The summed E-state index contributed by atoms with van der Waals surface area (Å²) in [6.45, 7) is 6.53. The van der Waals surface area contributed by atoms with Gasteiger partial charge < -0.3 is 19.6 Å². The van der Waals surface area contributed by atoms with Crippen molar-refractivity contribution in [2.45, 2.75) is 45.1 Å². The number of amides is 2. The first-order chi connectivity index (χ1) is 15.8. The summed E-state index contributed by atoms with van der Waals surface area (Å²) in [6.07, 6.45) is 2.82. The van der Waals surface area contributed by atoms with E-state index in [1.165, 1.54) is 7.11 Å². The molecule has 9 heteroatoms. The van der Waals surface area contributed by atoms with E-state index in [9.17, 15) is 19.5 Å². The van der Waals surface area contributed by atoms with E-state index in [1.54, 1.807) is 6.07 Å². The van der Waals surface area contributed by atoms with Crippen molar-refractivity contribution in [3.63, 3.8) is 0 Å². The van der Waals surface area contributed by atoms with Gasteiger partial charge in [-0.3, -0.25) is 19.3 Å². The summed E-state index contributed by atoms with van der Waals surface area (Å²) in [5, 5.41) is 9.66. The number of nitrogens with zero attached hydrogens (tertiary/aromatic N) is 3. The highest BCUT2D eigenvalue weighted by atomic mass is 79.9. The lowest BCUT2D eigenvalue weighted by molar-refractivity contribution is -0.144. The Kier molecular flexibility index (Phi) is 9.14. The lowest BCUT2D eigenvalue weighted by Gasteiger charge is -2.43. The van der Waals surface area contributed by atoms with Crippen molar-refractivity contribution < 1.29 is 24.2 Å². The Balaban J connectivity index is 1.40. The molecule has 2 amide bonds.